The topological polar surface area (TPSA) is 72.6 Å². The summed E-state index contributed by atoms with van der Waals surface area (Å²) in [5, 5.41) is 10.6. The van der Waals surface area contributed by atoms with Crippen LogP contribution in [0.2, 0.25) is 5.02 Å². The summed E-state index contributed by atoms with van der Waals surface area (Å²) in [6, 6.07) is 4.50. The van der Waals surface area contributed by atoms with E-state index < -0.39 is 4.92 Å². The largest absolute Gasteiger partial charge is 0.288 e. The maximum absolute atomic E-state index is 10.5. The smallest absolute Gasteiger partial charge is 0.258 e. The standard InChI is InChI=1S/C9H7ClN2O3/c10-8-2-1-7(3-4-11-6-13)5-9(8)12(14)15/h1-2,5H,3-4H2. The first-order valence-electron chi connectivity index (χ1n) is 4.11. The van der Waals surface area contributed by atoms with Crippen LogP contribution in [-0.2, 0) is 11.2 Å². The van der Waals surface area contributed by atoms with Crippen LogP contribution in [0.15, 0.2) is 23.2 Å². The molecule has 0 aliphatic carbocycles. The maximum Gasteiger partial charge on any atom is 0.288 e. The van der Waals surface area contributed by atoms with E-state index in [2.05, 4.69) is 4.99 Å². The Morgan fingerprint density at radius 1 is 1.53 bits per heavy atom. The van der Waals surface area contributed by atoms with Crippen molar-refractivity contribution in [2.75, 3.05) is 6.54 Å². The number of halogens is 1. The van der Waals surface area contributed by atoms with Crippen molar-refractivity contribution < 1.29 is 9.72 Å². The number of carbonyl (C=O) groups excluding carboxylic acids is 1. The summed E-state index contributed by atoms with van der Waals surface area (Å²) in [6.07, 6.45) is 1.85. The highest BCUT2D eigenvalue weighted by atomic mass is 35.5. The molecular formula is C9H7ClN2O3. The van der Waals surface area contributed by atoms with Gasteiger partial charge in [0, 0.05) is 6.07 Å². The highest BCUT2D eigenvalue weighted by Crippen LogP contribution is 2.25. The van der Waals surface area contributed by atoms with Crippen LogP contribution >= 0.6 is 11.6 Å². The van der Waals surface area contributed by atoms with E-state index >= 15 is 0 Å². The van der Waals surface area contributed by atoms with Gasteiger partial charge in [-0.05, 0) is 18.1 Å². The lowest BCUT2D eigenvalue weighted by atomic mass is 10.1. The number of hydrogen-bond acceptors (Lipinski definition) is 4. The Kier molecular flexibility index (Phi) is 3.97. The molecule has 0 fully saturated rings. The maximum atomic E-state index is 10.5. The molecule has 78 valence electrons. The van der Waals surface area contributed by atoms with Gasteiger partial charge in [0.15, 0.2) is 0 Å². The number of isocyanates is 1. The predicted molar refractivity (Wildman–Crippen MR) is 54.8 cm³/mol. The van der Waals surface area contributed by atoms with Crippen LogP contribution in [0.5, 0.6) is 0 Å². The first-order valence-corrected chi connectivity index (χ1v) is 4.49. The molecule has 5 nitrogen and oxygen atoms in total. The van der Waals surface area contributed by atoms with Gasteiger partial charge in [-0.2, -0.15) is 0 Å². The molecule has 1 rings (SSSR count). The molecule has 0 saturated carbocycles. The van der Waals surface area contributed by atoms with Crippen LogP contribution in [0.1, 0.15) is 5.56 Å². The van der Waals surface area contributed by atoms with Gasteiger partial charge < -0.3 is 0 Å². The fourth-order valence-corrected chi connectivity index (χ4v) is 1.27. The molecule has 15 heavy (non-hydrogen) atoms. The highest BCUT2D eigenvalue weighted by molar-refractivity contribution is 6.32. The Morgan fingerprint density at radius 3 is 2.87 bits per heavy atom. The Balaban J connectivity index is 2.87. The predicted octanol–water partition coefficient (Wildman–Crippen LogP) is 2.13. The quantitative estimate of drug-likeness (QED) is 0.342. The molecule has 0 bridgehead atoms. The summed E-state index contributed by atoms with van der Waals surface area (Å²) in [4.78, 5) is 23.2. The van der Waals surface area contributed by atoms with Crippen LogP contribution in [0.4, 0.5) is 5.69 Å². The summed E-state index contributed by atoms with van der Waals surface area (Å²) in [6.45, 7) is 0.266. The van der Waals surface area contributed by atoms with E-state index in [1.165, 1.54) is 18.2 Å². The number of hydrogen-bond donors (Lipinski definition) is 0. The lowest BCUT2D eigenvalue weighted by Crippen LogP contribution is -1.94. The van der Waals surface area contributed by atoms with Crippen molar-refractivity contribution in [2.24, 2.45) is 4.99 Å². The van der Waals surface area contributed by atoms with Crippen molar-refractivity contribution in [1.82, 2.24) is 0 Å². The van der Waals surface area contributed by atoms with E-state index in [-0.39, 0.29) is 17.3 Å². The average molecular weight is 227 g/mol. The normalized spacial score (nSPS) is 9.40. The minimum atomic E-state index is -0.547. The second kappa shape index (κ2) is 5.24. The number of nitro groups is 1. The number of nitrogens with zero attached hydrogens (tertiary/aromatic N) is 2. The molecule has 0 heterocycles. The summed E-state index contributed by atoms with van der Waals surface area (Å²) in [7, 11) is 0. The Labute approximate surface area is 90.5 Å². The molecule has 0 aromatic heterocycles. The molecule has 1 aromatic rings. The molecule has 0 N–H and O–H groups in total. The van der Waals surface area contributed by atoms with Crippen LogP contribution < -0.4 is 0 Å². The second-order valence-corrected chi connectivity index (χ2v) is 3.17. The van der Waals surface area contributed by atoms with Gasteiger partial charge in [-0.15, -0.1) is 0 Å². The Hall–Kier alpha value is -1.71. The van der Waals surface area contributed by atoms with Crippen LogP contribution in [-0.4, -0.2) is 17.5 Å². The van der Waals surface area contributed by atoms with Gasteiger partial charge in [-0.3, -0.25) is 10.1 Å². The first-order chi connectivity index (χ1) is 7.15. The molecular weight excluding hydrogens is 220 g/mol. The van der Waals surface area contributed by atoms with Crippen molar-refractivity contribution in [3.05, 3.63) is 38.9 Å². The van der Waals surface area contributed by atoms with Gasteiger partial charge >= 0.3 is 0 Å². The highest BCUT2D eigenvalue weighted by Gasteiger charge is 2.12. The fourth-order valence-electron chi connectivity index (χ4n) is 1.08. The number of benzene rings is 1. The molecule has 0 spiro atoms. The van der Waals surface area contributed by atoms with Crippen molar-refractivity contribution in [3.63, 3.8) is 0 Å². The van der Waals surface area contributed by atoms with E-state index in [1.807, 2.05) is 0 Å². The molecule has 0 aliphatic rings. The molecule has 0 atom stereocenters. The van der Waals surface area contributed by atoms with E-state index in [0.29, 0.717) is 12.0 Å². The SMILES string of the molecule is O=C=NCCc1ccc(Cl)c([N+](=O)[O-])c1. The summed E-state index contributed by atoms with van der Waals surface area (Å²) < 4.78 is 0. The Bertz CT molecular complexity index is 427. The van der Waals surface area contributed by atoms with E-state index in [0.717, 1.165) is 0 Å². The van der Waals surface area contributed by atoms with Crippen molar-refractivity contribution in [3.8, 4) is 0 Å². The van der Waals surface area contributed by atoms with Gasteiger partial charge in [0.1, 0.15) is 5.02 Å². The van der Waals surface area contributed by atoms with Crippen molar-refractivity contribution in [2.45, 2.75) is 6.42 Å². The molecule has 0 radical (unpaired) electrons. The van der Waals surface area contributed by atoms with E-state index in [4.69, 9.17) is 11.6 Å². The third-order valence-electron chi connectivity index (χ3n) is 1.78. The Morgan fingerprint density at radius 2 is 2.27 bits per heavy atom. The van der Waals surface area contributed by atoms with Gasteiger partial charge in [0.25, 0.3) is 5.69 Å². The molecule has 1 aromatic carbocycles. The first kappa shape index (κ1) is 11.4. The zero-order valence-corrected chi connectivity index (χ0v) is 8.40. The zero-order valence-electron chi connectivity index (χ0n) is 7.64. The van der Waals surface area contributed by atoms with Crippen LogP contribution in [0.25, 0.3) is 0 Å². The van der Waals surface area contributed by atoms with Gasteiger partial charge in [0.2, 0.25) is 6.08 Å². The second-order valence-electron chi connectivity index (χ2n) is 2.77. The fraction of sp³-hybridized carbons (Fsp3) is 0.222. The van der Waals surface area contributed by atoms with Crippen LogP contribution in [0.3, 0.4) is 0 Å². The van der Waals surface area contributed by atoms with E-state index in [9.17, 15) is 14.9 Å². The van der Waals surface area contributed by atoms with Gasteiger partial charge in [-0.25, -0.2) is 9.79 Å². The minimum absolute atomic E-state index is 0.0997. The molecule has 0 aliphatic heterocycles. The van der Waals surface area contributed by atoms with Gasteiger partial charge in [0.05, 0.1) is 11.5 Å². The minimum Gasteiger partial charge on any atom is -0.258 e. The summed E-state index contributed by atoms with van der Waals surface area (Å²) in [5.41, 5.74) is 0.578. The number of rotatable bonds is 4. The summed E-state index contributed by atoms with van der Waals surface area (Å²) >= 11 is 5.63. The van der Waals surface area contributed by atoms with Crippen molar-refractivity contribution >= 4 is 23.4 Å². The summed E-state index contributed by atoms with van der Waals surface area (Å²) in [5.74, 6) is 0. The molecule has 0 amide bonds. The van der Waals surface area contributed by atoms with Crippen LogP contribution in [0, 0.1) is 10.1 Å². The monoisotopic (exact) mass is 226 g/mol. The lowest BCUT2D eigenvalue weighted by Gasteiger charge is -1.99. The molecule has 0 unspecified atom stereocenters. The third kappa shape index (κ3) is 3.16. The zero-order chi connectivity index (χ0) is 11.3. The molecule has 0 saturated heterocycles. The number of aliphatic imine (C=N–C) groups is 1. The van der Waals surface area contributed by atoms with E-state index in [1.54, 1.807) is 6.07 Å². The molecule has 6 heteroatoms. The number of nitro benzene ring substituents is 1. The van der Waals surface area contributed by atoms with Crippen molar-refractivity contribution in [1.29, 1.82) is 0 Å². The third-order valence-corrected chi connectivity index (χ3v) is 2.10. The average Bonchev–Trinajstić information content (AvgIpc) is 2.20. The lowest BCUT2D eigenvalue weighted by molar-refractivity contribution is -0.384. The van der Waals surface area contributed by atoms with Gasteiger partial charge in [-0.1, -0.05) is 17.7 Å².